The standard InChI is InChI=1S/C9H15NO2/c1-10-6-9(3-4-9)5-7(10)8(11)12-2/h7H,3-6H2,1-2H3/t7-/m0/s1. The van der Waals surface area contributed by atoms with E-state index in [-0.39, 0.29) is 12.0 Å². The average Bonchev–Trinajstić information content (AvgIpc) is 2.70. The molecule has 0 N–H and O–H groups in total. The molecule has 2 aliphatic rings. The molecule has 68 valence electrons. The van der Waals surface area contributed by atoms with E-state index < -0.39 is 0 Å². The number of rotatable bonds is 1. The van der Waals surface area contributed by atoms with Gasteiger partial charge in [0.1, 0.15) is 6.04 Å². The predicted molar refractivity (Wildman–Crippen MR) is 44.7 cm³/mol. The van der Waals surface area contributed by atoms with E-state index in [0.29, 0.717) is 5.41 Å². The molecule has 1 aliphatic heterocycles. The Kier molecular flexibility index (Phi) is 1.65. The smallest absolute Gasteiger partial charge is 0.323 e. The van der Waals surface area contributed by atoms with E-state index >= 15 is 0 Å². The first-order valence-corrected chi connectivity index (χ1v) is 4.45. The van der Waals surface area contributed by atoms with Crippen molar-refractivity contribution >= 4 is 5.97 Å². The van der Waals surface area contributed by atoms with Crippen LogP contribution in [0.3, 0.4) is 0 Å². The van der Waals surface area contributed by atoms with Gasteiger partial charge in [-0.15, -0.1) is 0 Å². The molecule has 3 heteroatoms. The van der Waals surface area contributed by atoms with Gasteiger partial charge in [0.2, 0.25) is 0 Å². The van der Waals surface area contributed by atoms with Gasteiger partial charge in [-0.2, -0.15) is 0 Å². The molecule has 0 aromatic heterocycles. The van der Waals surface area contributed by atoms with Crippen molar-refractivity contribution in [1.82, 2.24) is 4.90 Å². The molecule has 1 saturated carbocycles. The third-order valence-electron chi connectivity index (χ3n) is 3.17. The summed E-state index contributed by atoms with van der Waals surface area (Å²) in [6, 6.07) is 0.0255. The number of hydrogen-bond donors (Lipinski definition) is 0. The predicted octanol–water partition coefficient (Wildman–Crippen LogP) is 0.644. The molecule has 1 atom stereocenters. The lowest BCUT2D eigenvalue weighted by atomic mass is 10.0. The topological polar surface area (TPSA) is 29.5 Å². The minimum atomic E-state index is -0.0683. The van der Waals surface area contributed by atoms with Crippen molar-refractivity contribution < 1.29 is 9.53 Å². The Morgan fingerprint density at radius 2 is 2.25 bits per heavy atom. The van der Waals surface area contributed by atoms with Crippen LogP contribution in [0.15, 0.2) is 0 Å². The number of likely N-dealkylation sites (tertiary alicyclic amines) is 1. The van der Waals surface area contributed by atoms with Gasteiger partial charge in [0.25, 0.3) is 0 Å². The van der Waals surface area contributed by atoms with Gasteiger partial charge in [0, 0.05) is 6.54 Å². The molecule has 1 spiro atoms. The van der Waals surface area contributed by atoms with Crippen molar-refractivity contribution in [3.8, 4) is 0 Å². The number of carbonyl (C=O) groups excluding carboxylic acids is 1. The monoisotopic (exact) mass is 169 g/mol. The molecule has 0 aromatic rings. The van der Waals surface area contributed by atoms with Gasteiger partial charge in [0.05, 0.1) is 7.11 Å². The number of carbonyl (C=O) groups is 1. The molecule has 0 aromatic carbocycles. The molecule has 2 fully saturated rings. The zero-order valence-electron chi connectivity index (χ0n) is 7.67. The third kappa shape index (κ3) is 1.12. The molecular formula is C9H15NO2. The normalized spacial score (nSPS) is 32.3. The zero-order valence-corrected chi connectivity index (χ0v) is 7.67. The summed E-state index contributed by atoms with van der Waals surface area (Å²) < 4.78 is 4.75. The van der Waals surface area contributed by atoms with E-state index in [4.69, 9.17) is 4.74 Å². The Balaban J connectivity index is 2.03. The number of hydrogen-bond acceptors (Lipinski definition) is 3. The number of ether oxygens (including phenoxy) is 1. The van der Waals surface area contributed by atoms with Crippen LogP contribution >= 0.6 is 0 Å². The van der Waals surface area contributed by atoms with Crippen LogP contribution in [0.5, 0.6) is 0 Å². The lowest BCUT2D eigenvalue weighted by Crippen LogP contribution is -2.33. The van der Waals surface area contributed by atoms with Crippen molar-refractivity contribution in [1.29, 1.82) is 0 Å². The maximum Gasteiger partial charge on any atom is 0.323 e. The van der Waals surface area contributed by atoms with Crippen LogP contribution in [0, 0.1) is 5.41 Å². The summed E-state index contributed by atoms with van der Waals surface area (Å²) in [5.41, 5.74) is 0.494. The number of esters is 1. The summed E-state index contributed by atoms with van der Waals surface area (Å²) in [6.07, 6.45) is 3.60. The highest BCUT2D eigenvalue weighted by Crippen LogP contribution is 2.54. The molecule has 0 unspecified atom stereocenters. The van der Waals surface area contributed by atoms with E-state index in [0.717, 1.165) is 13.0 Å². The second-order valence-electron chi connectivity index (χ2n) is 4.16. The van der Waals surface area contributed by atoms with Gasteiger partial charge in [0.15, 0.2) is 0 Å². The second kappa shape index (κ2) is 2.46. The van der Waals surface area contributed by atoms with E-state index in [2.05, 4.69) is 4.90 Å². The first kappa shape index (κ1) is 8.05. The van der Waals surface area contributed by atoms with Crippen molar-refractivity contribution in [3.05, 3.63) is 0 Å². The van der Waals surface area contributed by atoms with Gasteiger partial charge in [-0.25, -0.2) is 0 Å². The summed E-state index contributed by atoms with van der Waals surface area (Å²) >= 11 is 0. The number of methoxy groups -OCH3 is 1. The van der Waals surface area contributed by atoms with E-state index in [1.165, 1.54) is 20.0 Å². The van der Waals surface area contributed by atoms with Crippen molar-refractivity contribution in [3.63, 3.8) is 0 Å². The van der Waals surface area contributed by atoms with Crippen molar-refractivity contribution in [2.75, 3.05) is 20.7 Å². The molecule has 2 rings (SSSR count). The summed E-state index contributed by atoms with van der Waals surface area (Å²) in [6.45, 7) is 1.08. The fourth-order valence-electron chi connectivity index (χ4n) is 2.21. The third-order valence-corrected chi connectivity index (χ3v) is 3.17. The summed E-state index contributed by atoms with van der Waals surface area (Å²) in [5, 5.41) is 0. The summed E-state index contributed by atoms with van der Waals surface area (Å²) in [5.74, 6) is -0.0683. The van der Waals surface area contributed by atoms with Gasteiger partial charge < -0.3 is 4.74 Å². The maximum absolute atomic E-state index is 11.3. The van der Waals surface area contributed by atoms with Gasteiger partial charge in [-0.1, -0.05) is 0 Å². The van der Waals surface area contributed by atoms with Crippen molar-refractivity contribution in [2.24, 2.45) is 5.41 Å². The van der Waals surface area contributed by atoms with Crippen LogP contribution < -0.4 is 0 Å². The van der Waals surface area contributed by atoms with Crippen LogP contribution in [0.25, 0.3) is 0 Å². The Morgan fingerprint density at radius 3 is 2.67 bits per heavy atom. The first-order valence-electron chi connectivity index (χ1n) is 4.45. The largest absolute Gasteiger partial charge is 0.468 e. The Labute approximate surface area is 72.7 Å². The fraction of sp³-hybridized carbons (Fsp3) is 0.889. The summed E-state index contributed by atoms with van der Waals surface area (Å²) in [7, 11) is 3.47. The molecular weight excluding hydrogens is 154 g/mol. The quantitative estimate of drug-likeness (QED) is 0.540. The minimum Gasteiger partial charge on any atom is -0.468 e. The maximum atomic E-state index is 11.3. The van der Waals surface area contributed by atoms with Gasteiger partial charge in [-0.3, -0.25) is 9.69 Å². The van der Waals surface area contributed by atoms with Crippen LogP contribution in [-0.4, -0.2) is 37.6 Å². The van der Waals surface area contributed by atoms with E-state index in [1.807, 2.05) is 7.05 Å². The van der Waals surface area contributed by atoms with E-state index in [9.17, 15) is 4.79 Å². The molecule has 0 bridgehead atoms. The van der Waals surface area contributed by atoms with Crippen LogP contribution in [0.2, 0.25) is 0 Å². The molecule has 0 amide bonds. The highest BCUT2D eigenvalue weighted by Gasteiger charge is 2.52. The molecule has 3 nitrogen and oxygen atoms in total. The Hall–Kier alpha value is -0.570. The van der Waals surface area contributed by atoms with Crippen LogP contribution in [-0.2, 0) is 9.53 Å². The minimum absolute atomic E-state index is 0.0255. The summed E-state index contributed by atoms with van der Waals surface area (Å²) in [4.78, 5) is 13.4. The zero-order chi connectivity index (χ0) is 8.77. The second-order valence-corrected chi connectivity index (χ2v) is 4.16. The van der Waals surface area contributed by atoms with Crippen LogP contribution in [0.4, 0.5) is 0 Å². The molecule has 12 heavy (non-hydrogen) atoms. The Morgan fingerprint density at radius 1 is 1.58 bits per heavy atom. The number of likely N-dealkylation sites (N-methyl/N-ethyl adjacent to an activating group) is 1. The lowest BCUT2D eigenvalue weighted by molar-refractivity contribution is -0.145. The molecule has 0 radical (unpaired) electrons. The average molecular weight is 169 g/mol. The SMILES string of the molecule is COC(=O)[C@@H]1CC2(CC2)CN1C. The highest BCUT2D eigenvalue weighted by molar-refractivity contribution is 5.76. The highest BCUT2D eigenvalue weighted by atomic mass is 16.5. The molecule has 1 saturated heterocycles. The number of nitrogens with zero attached hydrogens (tertiary/aromatic N) is 1. The molecule has 1 aliphatic carbocycles. The van der Waals surface area contributed by atoms with Crippen molar-refractivity contribution in [2.45, 2.75) is 25.3 Å². The van der Waals surface area contributed by atoms with Crippen LogP contribution in [0.1, 0.15) is 19.3 Å². The van der Waals surface area contributed by atoms with Gasteiger partial charge >= 0.3 is 5.97 Å². The van der Waals surface area contributed by atoms with Gasteiger partial charge in [-0.05, 0) is 31.7 Å². The Bertz CT molecular complexity index is 211. The fourth-order valence-corrected chi connectivity index (χ4v) is 2.21. The molecule has 1 heterocycles. The lowest BCUT2D eigenvalue weighted by Gasteiger charge is -2.15. The first-order chi connectivity index (χ1) is 5.67. The van der Waals surface area contributed by atoms with E-state index in [1.54, 1.807) is 0 Å².